The van der Waals surface area contributed by atoms with Crippen molar-refractivity contribution in [2.24, 2.45) is 0 Å². The molecule has 2 aromatic heterocycles. The molecule has 0 unspecified atom stereocenters. The van der Waals surface area contributed by atoms with E-state index in [1.54, 1.807) is 0 Å². The lowest BCUT2D eigenvalue weighted by Crippen LogP contribution is -2.10. The van der Waals surface area contributed by atoms with E-state index in [9.17, 15) is 0 Å². The fraction of sp³-hybridized carbons (Fsp3) is 0. The maximum Gasteiger partial charge on any atom is 0.137 e. The second-order valence-electron chi connectivity index (χ2n) is 14.5. The Hall–Kier alpha value is -7.20. The van der Waals surface area contributed by atoms with Gasteiger partial charge in [-0.05, 0) is 117 Å². The number of rotatable bonds is 7. The fourth-order valence-electron chi connectivity index (χ4n) is 8.37. The van der Waals surface area contributed by atoms with Gasteiger partial charge in [-0.1, -0.05) is 140 Å². The van der Waals surface area contributed by atoms with Crippen LogP contribution in [0.15, 0.2) is 217 Å². The smallest absolute Gasteiger partial charge is 0.137 e. The zero-order valence-corrected chi connectivity index (χ0v) is 31.8. The Bertz CT molecular complexity index is 3160. The van der Waals surface area contributed by atoms with E-state index in [0.29, 0.717) is 0 Å². The van der Waals surface area contributed by atoms with Gasteiger partial charge in [0.15, 0.2) is 0 Å². The number of anilines is 3. The van der Waals surface area contributed by atoms with Gasteiger partial charge in [0.1, 0.15) is 11.2 Å². The maximum atomic E-state index is 6.41. The largest absolute Gasteiger partial charge is 0.456 e. The van der Waals surface area contributed by atoms with Crippen molar-refractivity contribution in [1.82, 2.24) is 0 Å². The summed E-state index contributed by atoms with van der Waals surface area (Å²) < 4.78 is 9.03. The molecular weight excluding hydrogens is 711 g/mol. The van der Waals surface area contributed by atoms with E-state index in [1.165, 1.54) is 59.1 Å². The van der Waals surface area contributed by atoms with Crippen LogP contribution < -0.4 is 4.90 Å². The third kappa shape index (κ3) is 5.88. The van der Waals surface area contributed by atoms with Gasteiger partial charge in [0, 0.05) is 36.9 Å². The predicted octanol–water partition coefficient (Wildman–Crippen LogP) is 16.1. The minimum Gasteiger partial charge on any atom is -0.456 e. The molecule has 2 heterocycles. The molecule has 9 aromatic carbocycles. The SMILES string of the molecule is c1ccc(-c2cc(-c3ccccc3)cc(-c3ccc(N(c4ccc(-c5cccc6sc7ccccc7c56)cc4)c4cccc5oc6ccccc6c45)cc3)c2)cc1. The van der Waals surface area contributed by atoms with E-state index in [-0.39, 0.29) is 0 Å². The fourth-order valence-corrected chi connectivity index (χ4v) is 9.50. The molecule has 11 aromatic rings. The third-order valence-electron chi connectivity index (χ3n) is 11.1. The van der Waals surface area contributed by atoms with Crippen LogP contribution in [-0.2, 0) is 0 Å². The van der Waals surface area contributed by atoms with Crippen LogP contribution in [0.1, 0.15) is 0 Å². The molecule has 0 aliphatic carbocycles. The molecule has 0 aliphatic heterocycles. The zero-order valence-electron chi connectivity index (χ0n) is 31.0. The molecule has 3 heteroatoms. The first-order chi connectivity index (χ1) is 28.2. The first kappa shape index (κ1) is 33.2. The Labute approximate surface area is 335 Å². The summed E-state index contributed by atoms with van der Waals surface area (Å²) in [5.74, 6) is 0. The quantitative estimate of drug-likeness (QED) is 0.162. The molecule has 0 atom stereocenters. The van der Waals surface area contributed by atoms with E-state index < -0.39 is 0 Å². The van der Waals surface area contributed by atoms with Gasteiger partial charge in [-0.3, -0.25) is 0 Å². The normalized spacial score (nSPS) is 11.5. The number of thiophene rings is 1. The monoisotopic (exact) mass is 745 g/mol. The average molecular weight is 746 g/mol. The Balaban J connectivity index is 1.05. The number of fused-ring (bicyclic) bond motifs is 6. The summed E-state index contributed by atoms with van der Waals surface area (Å²) in [5.41, 5.74) is 14.5. The van der Waals surface area contributed by atoms with E-state index >= 15 is 0 Å². The first-order valence-corrected chi connectivity index (χ1v) is 20.1. The standard InChI is InChI=1S/C54H35NOS/c1-3-13-36(14-4-1)40-33-41(37-15-5-2-6-16-37)35-42(34-40)38-25-29-43(30-26-38)55(48-20-12-22-50-54(48)46-17-7-9-21-49(46)56-50)44-31-27-39(28-32-44)45-19-11-24-52-53(45)47-18-8-10-23-51(47)57-52/h1-35H. The zero-order chi connectivity index (χ0) is 37.7. The van der Waals surface area contributed by atoms with Gasteiger partial charge >= 0.3 is 0 Å². The van der Waals surface area contributed by atoms with E-state index in [1.807, 2.05) is 17.4 Å². The van der Waals surface area contributed by atoms with Crippen LogP contribution in [-0.4, -0.2) is 0 Å². The lowest BCUT2D eigenvalue weighted by Gasteiger charge is -2.27. The number of benzene rings is 9. The van der Waals surface area contributed by atoms with Crippen molar-refractivity contribution in [2.45, 2.75) is 0 Å². The molecule has 0 aliphatic rings. The van der Waals surface area contributed by atoms with Crippen molar-refractivity contribution in [3.05, 3.63) is 212 Å². The summed E-state index contributed by atoms with van der Waals surface area (Å²) >= 11 is 1.86. The van der Waals surface area contributed by atoms with Crippen LogP contribution in [0.5, 0.6) is 0 Å². The molecular formula is C54H35NOS. The van der Waals surface area contributed by atoms with E-state index in [4.69, 9.17) is 4.42 Å². The highest BCUT2D eigenvalue weighted by Crippen LogP contribution is 2.45. The van der Waals surface area contributed by atoms with Gasteiger partial charge in [0.2, 0.25) is 0 Å². The number of para-hydroxylation sites is 1. The maximum absolute atomic E-state index is 6.41. The number of hydrogen-bond donors (Lipinski definition) is 0. The molecule has 0 saturated carbocycles. The van der Waals surface area contributed by atoms with Crippen molar-refractivity contribution in [1.29, 1.82) is 0 Å². The number of nitrogens with zero attached hydrogens (tertiary/aromatic N) is 1. The predicted molar refractivity (Wildman–Crippen MR) is 243 cm³/mol. The number of hydrogen-bond acceptors (Lipinski definition) is 3. The first-order valence-electron chi connectivity index (χ1n) is 19.3. The van der Waals surface area contributed by atoms with E-state index in [0.717, 1.165) is 44.6 Å². The highest BCUT2D eigenvalue weighted by Gasteiger charge is 2.20. The van der Waals surface area contributed by atoms with Gasteiger partial charge in [0.05, 0.1) is 11.1 Å². The second kappa shape index (κ2) is 13.8. The van der Waals surface area contributed by atoms with Crippen molar-refractivity contribution in [2.75, 3.05) is 4.90 Å². The minimum absolute atomic E-state index is 0.870. The van der Waals surface area contributed by atoms with Gasteiger partial charge in [0.25, 0.3) is 0 Å². The molecule has 0 amide bonds. The molecule has 2 nitrogen and oxygen atoms in total. The highest BCUT2D eigenvalue weighted by atomic mass is 32.1. The van der Waals surface area contributed by atoms with Crippen molar-refractivity contribution in [3.8, 4) is 44.5 Å². The molecule has 0 radical (unpaired) electrons. The summed E-state index contributed by atoms with van der Waals surface area (Å²) in [7, 11) is 0. The molecule has 57 heavy (non-hydrogen) atoms. The van der Waals surface area contributed by atoms with Crippen molar-refractivity contribution < 1.29 is 4.42 Å². The average Bonchev–Trinajstić information content (AvgIpc) is 3.87. The second-order valence-corrected chi connectivity index (χ2v) is 15.6. The summed E-state index contributed by atoms with van der Waals surface area (Å²) in [4.78, 5) is 2.37. The molecule has 0 fully saturated rings. The molecule has 0 spiro atoms. The molecule has 0 bridgehead atoms. The highest BCUT2D eigenvalue weighted by molar-refractivity contribution is 7.25. The van der Waals surface area contributed by atoms with Crippen molar-refractivity contribution >= 4 is 70.5 Å². The Morgan fingerprint density at radius 2 is 0.842 bits per heavy atom. The van der Waals surface area contributed by atoms with Crippen LogP contribution >= 0.6 is 11.3 Å². The molecule has 0 N–H and O–H groups in total. The minimum atomic E-state index is 0.870. The molecule has 0 saturated heterocycles. The van der Waals surface area contributed by atoms with Gasteiger partial charge < -0.3 is 9.32 Å². The summed E-state index contributed by atoms with van der Waals surface area (Å²) in [5, 5.41) is 4.82. The molecule has 11 rings (SSSR count). The van der Waals surface area contributed by atoms with Crippen LogP contribution in [0.4, 0.5) is 17.1 Å². The van der Waals surface area contributed by atoms with Crippen LogP contribution in [0, 0.1) is 0 Å². The summed E-state index contributed by atoms with van der Waals surface area (Å²) in [6.07, 6.45) is 0. The molecule has 268 valence electrons. The Morgan fingerprint density at radius 1 is 0.333 bits per heavy atom. The van der Waals surface area contributed by atoms with Crippen LogP contribution in [0.3, 0.4) is 0 Å². The Morgan fingerprint density at radius 3 is 1.51 bits per heavy atom. The van der Waals surface area contributed by atoms with Crippen LogP contribution in [0.2, 0.25) is 0 Å². The third-order valence-corrected chi connectivity index (χ3v) is 12.2. The lowest BCUT2D eigenvalue weighted by molar-refractivity contribution is 0.669. The lowest BCUT2D eigenvalue weighted by atomic mass is 9.93. The van der Waals surface area contributed by atoms with Gasteiger partial charge in [-0.2, -0.15) is 0 Å². The number of furan rings is 1. The van der Waals surface area contributed by atoms with E-state index in [2.05, 4.69) is 211 Å². The Kier molecular flexibility index (Phi) is 8.04. The summed E-state index contributed by atoms with van der Waals surface area (Å²) in [6.45, 7) is 0. The topological polar surface area (TPSA) is 16.4 Å². The summed E-state index contributed by atoms with van der Waals surface area (Å²) in [6, 6.07) is 76.4. The van der Waals surface area contributed by atoms with Crippen molar-refractivity contribution in [3.63, 3.8) is 0 Å². The van der Waals surface area contributed by atoms with Gasteiger partial charge in [-0.25, -0.2) is 0 Å². The van der Waals surface area contributed by atoms with Crippen LogP contribution in [0.25, 0.3) is 86.6 Å². The van der Waals surface area contributed by atoms with Gasteiger partial charge in [-0.15, -0.1) is 11.3 Å².